The van der Waals surface area contributed by atoms with Crippen molar-refractivity contribution in [2.45, 2.75) is 97.5 Å². The molecule has 0 aromatic carbocycles. The number of nitrogens with two attached hydrogens (primary N) is 1. The Morgan fingerprint density at radius 2 is 1.13 bits per heavy atom. The van der Waals surface area contributed by atoms with Crippen LogP contribution in [-0.4, -0.2) is 37.2 Å². The zero-order valence-corrected chi connectivity index (χ0v) is 32.9. The molecule has 0 spiro atoms. The van der Waals surface area contributed by atoms with E-state index in [1.54, 1.807) is 6.92 Å². The van der Waals surface area contributed by atoms with Gasteiger partial charge >= 0.3 is 71.1 Å². The largest absolute Gasteiger partial charge is 1.00 e. The van der Waals surface area contributed by atoms with Crippen LogP contribution in [0, 0.1) is 82.9 Å². The van der Waals surface area contributed by atoms with Crippen LogP contribution in [0.3, 0.4) is 0 Å². The number of ether oxygens (including phenoxy) is 2. The minimum Gasteiger partial charge on any atom is -0.790 e. The average Bonchev–Trinajstić information content (AvgIpc) is 2.97. The molecule has 0 aromatic heterocycles. The Hall–Kier alpha value is -2.56. The third-order valence-corrected chi connectivity index (χ3v) is 5.29. The van der Waals surface area contributed by atoms with E-state index < -0.39 is 39.1 Å². The fourth-order valence-corrected chi connectivity index (χ4v) is 3.30. The maximum Gasteiger partial charge on any atom is 1.00 e. The number of hydrogen-bond acceptors (Lipinski definition) is 9. The number of phosphoric ester groups is 1. The fraction of sp³-hybridized carbons (Fsp3) is 0.500. The van der Waals surface area contributed by atoms with E-state index in [1.807, 2.05) is 0 Å². The standard InChI is InChI=1S/C32H35O8P.C2H5NO.2Na.13H2/c1-3-5-7-9-11-13-15-16-17-19-20-22-24-26-31(33)38-28-30(29-39-41(35,36)37)40-32(34)27-25-23-21-18-14-12-10-8-6-4-2;1-2(3)4;;;;;;;;;;;;;;;/h30H,4,6,8,10,12,14,18,21,23,25,27-29H2,1-2H3,(H2,35,36,37);1H3,(H2,3,4);;;13*1H/q;;2*+1;;;;;;;;;;;;;/p-2/t30-;;;;;;;;;;;;;;;;/m1................/s1. The van der Waals surface area contributed by atoms with Gasteiger partial charge in [-0.1, -0.05) is 70.6 Å². The van der Waals surface area contributed by atoms with Gasteiger partial charge in [-0.05, 0) is 84.4 Å². The Morgan fingerprint density at radius 1 is 0.723 bits per heavy atom. The number of unbranched alkanes of at least 4 members (excludes halogenated alkanes) is 9. The minimum absolute atomic E-state index is 0. The van der Waals surface area contributed by atoms with E-state index in [0.717, 1.165) is 19.3 Å². The molecule has 0 bridgehead atoms. The maximum atomic E-state index is 12.1. The summed E-state index contributed by atoms with van der Waals surface area (Å²) >= 11 is 0. The molecule has 0 aliphatic carbocycles. The first-order valence-corrected chi connectivity index (χ1v) is 15.7. The summed E-state index contributed by atoms with van der Waals surface area (Å²) < 4.78 is 25.0. The first kappa shape index (κ1) is 51.3. The number of carbonyl (C=O) groups is 3. The molecule has 0 saturated carbocycles. The Kier molecular flexibility index (Phi) is 41.3. The van der Waals surface area contributed by atoms with Gasteiger partial charge in [-0.2, -0.15) is 0 Å². The first-order chi connectivity index (χ1) is 21.5. The van der Waals surface area contributed by atoms with Crippen molar-refractivity contribution in [3.8, 4) is 82.9 Å². The van der Waals surface area contributed by atoms with Gasteiger partial charge in [0.1, 0.15) is 6.61 Å². The summed E-state index contributed by atoms with van der Waals surface area (Å²) in [5.74, 6) is 31.7. The summed E-state index contributed by atoms with van der Waals surface area (Å²) in [5.41, 5.74) is 4.47. The van der Waals surface area contributed by atoms with E-state index in [9.17, 15) is 28.7 Å². The molecule has 0 fully saturated rings. The monoisotopic (exact) mass is 707 g/mol. The molecule has 0 heterocycles. The fourth-order valence-electron chi connectivity index (χ4n) is 2.95. The van der Waals surface area contributed by atoms with Crippen LogP contribution in [0.25, 0.3) is 0 Å². The molecule has 266 valence electrons. The van der Waals surface area contributed by atoms with E-state index in [-0.39, 0.29) is 90.0 Å². The van der Waals surface area contributed by atoms with Gasteiger partial charge in [0.2, 0.25) is 5.91 Å². The second-order valence-corrected chi connectivity index (χ2v) is 10.0. The molecule has 0 unspecified atom stereocenters. The molecule has 0 saturated heterocycles. The van der Waals surface area contributed by atoms with Crippen molar-refractivity contribution in [1.82, 2.24) is 0 Å². The molecule has 13 heteroatoms. The smallest absolute Gasteiger partial charge is 0.790 e. The molecule has 47 heavy (non-hydrogen) atoms. The second kappa shape index (κ2) is 37.9. The zero-order valence-electron chi connectivity index (χ0n) is 28.0. The van der Waals surface area contributed by atoms with Crippen molar-refractivity contribution in [2.24, 2.45) is 5.73 Å². The second-order valence-electron chi connectivity index (χ2n) is 8.87. The van der Waals surface area contributed by atoms with Crippen LogP contribution >= 0.6 is 7.82 Å². The number of hydrogen-bond donors (Lipinski definition) is 1. The molecule has 1 amide bonds. The van der Waals surface area contributed by atoms with Crippen molar-refractivity contribution in [3.05, 3.63) is 0 Å². The Labute approximate surface area is 343 Å². The summed E-state index contributed by atoms with van der Waals surface area (Å²) in [6.07, 6.45) is 9.76. The predicted molar refractivity (Wildman–Crippen MR) is 193 cm³/mol. The van der Waals surface area contributed by atoms with Gasteiger partial charge in [0.25, 0.3) is 0 Å². The van der Waals surface area contributed by atoms with Crippen LogP contribution in [-0.2, 0) is 32.9 Å². The van der Waals surface area contributed by atoms with Gasteiger partial charge in [0.15, 0.2) is 6.10 Å². The van der Waals surface area contributed by atoms with Gasteiger partial charge in [-0.3, -0.25) is 9.59 Å². The number of rotatable bonds is 17. The molecule has 0 aromatic rings. The quantitative estimate of drug-likeness (QED) is 0.0516. The summed E-state index contributed by atoms with van der Waals surface area (Å²) in [4.78, 5) is 54.8. The van der Waals surface area contributed by atoms with Crippen LogP contribution in [0.1, 0.15) is 110 Å². The molecule has 1 atom stereocenters. The number of primary amides is 1. The Morgan fingerprint density at radius 3 is 1.55 bits per heavy atom. The number of phosphoric acid groups is 1. The van der Waals surface area contributed by atoms with Crippen LogP contribution < -0.4 is 74.6 Å². The summed E-state index contributed by atoms with van der Waals surface area (Å²) in [5, 5.41) is 0. The number of carbonyl (C=O) groups excluding carboxylic acids is 3. The summed E-state index contributed by atoms with van der Waals surface area (Å²) in [6, 6.07) is 0. The summed E-state index contributed by atoms with van der Waals surface area (Å²) in [6.45, 7) is 3.81. The molecular weight excluding hydrogens is 643 g/mol. The van der Waals surface area contributed by atoms with E-state index in [4.69, 9.17) is 9.47 Å². The molecule has 0 aliphatic heterocycles. The Balaban J connectivity index is -0.0000000619. The van der Waals surface area contributed by atoms with Crippen molar-refractivity contribution in [1.29, 1.82) is 0 Å². The van der Waals surface area contributed by atoms with Gasteiger partial charge in [0.05, 0.1) is 14.4 Å². The summed E-state index contributed by atoms with van der Waals surface area (Å²) in [7, 11) is -5.32. The van der Waals surface area contributed by atoms with Gasteiger partial charge < -0.3 is 34.1 Å². The van der Waals surface area contributed by atoms with Gasteiger partial charge in [-0.15, -0.1) is 0 Å². The van der Waals surface area contributed by atoms with Crippen molar-refractivity contribution < 1.29 is 120 Å². The topological polar surface area (TPSA) is 168 Å². The number of amides is 1. The van der Waals surface area contributed by atoms with Crippen molar-refractivity contribution >= 4 is 25.7 Å². The van der Waals surface area contributed by atoms with Crippen LogP contribution in [0.5, 0.6) is 0 Å². The zero-order chi connectivity index (χ0) is 34.0. The van der Waals surface area contributed by atoms with Crippen LogP contribution in [0.4, 0.5) is 0 Å². The number of esters is 2. The third-order valence-electron chi connectivity index (χ3n) is 4.83. The van der Waals surface area contributed by atoms with Crippen molar-refractivity contribution in [2.75, 3.05) is 13.2 Å². The van der Waals surface area contributed by atoms with E-state index in [2.05, 4.69) is 100 Å². The molecular formula is C34H64NNa2O9P. The SMILES string of the molecule is CC#CC#CC#CC#CC#CC#CC#CC(=O)OC[C@H](COP(=O)([O-])[O-])OC(=O)CCCCCCCCCCCC.CC(N)=O.[HH].[HH].[HH].[HH].[HH].[HH].[HH].[HH].[HH].[HH].[HH].[HH].[HH].[Na+].[Na+]. The predicted octanol–water partition coefficient (Wildman–Crippen LogP) is -0.661. The van der Waals surface area contributed by atoms with E-state index >= 15 is 0 Å². The molecule has 0 aliphatic rings. The normalized spacial score (nSPS) is 8.96. The van der Waals surface area contributed by atoms with Gasteiger partial charge in [-0.25, -0.2) is 4.79 Å². The van der Waals surface area contributed by atoms with E-state index in [1.165, 1.54) is 45.4 Å². The minimum atomic E-state index is -5.32. The van der Waals surface area contributed by atoms with Gasteiger partial charge in [0, 0.05) is 37.8 Å². The molecule has 0 rings (SSSR count). The molecule has 10 nitrogen and oxygen atoms in total. The van der Waals surface area contributed by atoms with Crippen LogP contribution in [0.15, 0.2) is 0 Å². The Bertz CT molecular complexity index is 1470. The first-order valence-electron chi connectivity index (χ1n) is 14.2. The average molecular weight is 708 g/mol. The molecule has 0 radical (unpaired) electrons. The van der Waals surface area contributed by atoms with Crippen LogP contribution in [0.2, 0.25) is 0 Å². The molecule has 2 N–H and O–H groups in total. The maximum absolute atomic E-state index is 12.1. The third kappa shape index (κ3) is 48.0. The van der Waals surface area contributed by atoms with E-state index in [0.29, 0.717) is 6.42 Å². The van der Waals surface area contributed by atoms with Crippen molar-refractivity contribution in [3.63, 3.8) is 0 Å².